The molecule has 0 saturated carbocycles. The summed E-state index contributed by atoms with van der Waals surface area (Å²) in [7, 11) is 1.83. The third-order valence-corrected chi connectivity index (χ3v) is 7.67. The third kappa shape index (κ3) is 7.96. The number of hydrogen-bond acceptors (Lipinski definition) is 5. The zero-order chi connectivity index (χ0) is 27.3. The second kappa shape index (κ2) is 13.1. The summed E-state index contributed by atoms with van der Waals surface area (Å²) in [4.78, 5) is 25.7. The van der Waals surface area contributed by atoms with Crippen molar-refractivity contribution in [3.05, 3.63) is 67.9 Å². The maximum atomic E-state index is 13.0. The van der Waals surface area contributed by atoms with Crippen molar-refractivity contribution in [2.75, 3.05) is 11.1 Å². The van der Waals surface area contributed by atoms with E-state index in [2.05, 4.69) is 64.5 Å². The van der Waals surface area contributed by atoms with Crippen LogP contribution in [0.5, 0.6) is 0 Å². The molecule has 3 aromatic rings. The van der Waals surface area contributed by atoms with Gasteiger partial charge in [0.1, 0.15) is 0 Å². The molecule has 0 aliphatic carbocycles. The molecule has 0 fully saturated rings. The summed E-state index contributed by atoms with van der Waals surface area (Å²) >= 11 is 17.0. The van der Waals surface area contributed by atoms with Gasteiger partial charge in [0.2, 0.25) is 5.91 Å². The first-order valence-electron chi connectivity index (χ1n) is 11.8. The Balaban J connectivity index is 1.71. The predicted molar refractivity (Wildman–Crippen MR) is 155 cm³/mol. The van der Waals surface area contributed by atoms with Gasteiger partial charge in [0.25, 0.3) is 5.91 Å². The molecule has 2 aromatic carbocycles. The zero-order valence-electron chi connectivity index (χ0n) is 21.3. The Morgan fingerprint density at radius 2 is 1.81 bits per heavy atom. The highest BCUT2D eigenvalue weighted by Gasteiger charge is 2.24. The zero-order valence-corrected chi connectivity index (χ0v) is 25.2. The Bertz CT molecular complexity index is 1280. The van der Waals surface area contributed by atoms with Gasteiger partial charge in [0.15, 0.2) is 11.0 Å². The molecular formula is C26H30BrCl2N5O2S. The second-order valence-corrected chi connectivity index (χ2v) is 12.1. The van der Waals surface area contributed by atoms with Gasteiger partial charge >= 0.3 is 0 Å². The van der Waals surface area contributed by atoms with E-state index in [4.69, 9.17) is 23.2 Å². The van der Waals surface area contributed by atoms with Crippen LogP contribution in [0.3, 0.4) is 0 Å². The van der Waals surface area contributed by atoms with Gasteiger partial charge in [0.05, 0.1) is 22.4 Å². The Labute approximate surface area is 240 Å². The van der Waals surface area contributed by atoms with Crippen LogP contribution in [0, 0.1) is 5.92 Å². The normalized spacial score (nSPS) is 12.2. The van der Waals surface area contributed by atoms with E-state index in [1.165, 1.54) is 17.8 Å². The summed E-state index contributed by atoms with van der Waals surface area (Å²) in [5.41, 5.74) is 2.19. The smallest absolute Gasteiger partial charge is 0.253 e. The molecular weight excluding hydrogens is 597 g/mol. The Hall–Kier alpha value is -2.07. The fraction of sp³-hybridized carbons (Fsp3) is 0.385. The summed E-state index contributed by atoms with van der Waals surface area (Å²) in [5, 5.41) is 16.0. The molecule has 1 aromatic heterocycles. The van der Waals surface area contributed by atoms with Crippen molar-refractivity contribution in [1.29, 1.82) is 0 Å². The first-order valence-corrected chi connectivity index (χ1v) is 14.4. The molecule has 0 aliphatic rings. The fourth-order valence-electron chi connectivity index (χ4n) is 3.81. The van der Waals surface area contributed by atoms with E-state index in [-0.39, 0.29) is 34.4 Å². The minimum Gasteiger partial charge on any atom is -0.342 e. The van der Waals surface area contributed by atoms with Gasteiger partial charge in [-0.05, 0) is 60.2 Å². The first-order chi connectivity index (χ1) is 17.5. The molecule has 0 radical (unpaired) electrons. The number of hydrogen-bond donors (Lipinski definition) is 2. The standard InChI is InChI=1S/C26H30BrCl2N5O2S/c1-14(2)10-22(31-25(36)18-8-7-17(28)12-20(18)29)24-32-33-26(34(24)5)37-13-23(35)30-21-9-6-16(27)11-19(21)15(3)4/h6-9,11-12,14-15,22H,10,13H2,1-5H3,(H,30,35)(H,31,36)/t22-/m0/s1. The number of rotatable bonds is 10. The maximum Gasteiger partial charge on any atom is 0.253 e. The molecule has 1 atom stereocenters. The van der Waals surface area contributed by atoms with Gasteiger partial charge in [-0.3, -0.25) is 9.59 Å². The first kappa shape index (κ1) is 29.5. The number of carbonyl (C=O) groups excluding carboxylic acids is 2. The number of thioether (sulfide) groups is 1. The van der Waals surface area contributed by atoms with E-state index >= 15 is 0 Å². The monoisotopic (exact) mass is 625 g/mol. The highest BCUT2D eigenvalue weighted by atomic mass is 79.9. The van der Waals surface area contributed by atoms with E-state index in [1.807, 2.05) is 29.8 Å². The van der Waals surface area contributed by atoms with E-state index in [9.17, 15) is 9.59 Å². The van der Waals surface area contributed by atoms with E-state index < -0.39 is 6.04 Å². The Kier molecular flexibility index (Phi) is 10.5. The summed E-state index contributed by atoms with van der Waals surface area (Å²) in [5.74, 6) is 0.858. The van der Waals surface area contributed by atoms with E-state index in [0.717, 1.165) is 15.7 Å². The number of amides is 2. The quantitative estimate of drug-likeness (QED) is 0.231. The lowest BCUT2D eigenvalue weighted by Gasteiger charge is -2.20. The van der Waals surface area contributed by atoms with Crippen molar-refractivity contribution in [3.63, 3.8) is 0 Å². The summed E-state index contributed by atoms with van der Waals surface area (Å²) in [6.07, 6.45) is 0.648. The molecule has 2 N–H and O–H groups in total. The molecule has 3 rings (SSSR count). The predicted octanol–water partition coefficient (Wildman–Crippen LogP) is 7.26. The highest BCUT2D eigenvalue weighted by Crippen LogP contribution is 2.29. The highest BCUT2D eigenvalue weighted by molar-refractivity contribution is 9.10. The van der Waals surface area contributed by atoms with Crippen LogP contribution in [0.4, 0.5) is 5.69 Å². The molecule has 198 valence electrons. The second-order valence-electron chi connectivity index (χ2n) is 9.40. The molecule has 37 heavy (non-hydrogen) atoms. The molecule has 0 aliphatic heterocycles. The SMILES string of the molecule is CC(C)C[C@H](NC(=O)c1ccc(Cl)cc1Cl)c1nnc(SCC(=O)Nc2ccc(Br)cc2C(C)C)n1C. The molecule has 7 nitrogen and oxygen atoms in total. The van der Waals surface area contributed by atoms with Gasteiger partial charge < -0.3 is 15.2 Å². The number of nitrogens with one attached hydrogen (secondary N) is 2. The van der Waals surface area contributed by atoms with Gasteiger partial charge in [-0.1, -0.05) is 78.6 Å². The Morgan fingerprint density at radius 3 is 2.46 bits per heavy atom. The van der Waals surface area contributed by atoms with Crippen LogP contribution in [0.15, 0.2) is 46.0 Å². The summed E-state index contributed by atoms with van der Waals surface area (Å²) in [6.45, 7) is 8.30. The van der Waals surface area contributed by atoms with Crippen molar-refractivity contribution in [2.24, 2.45) is 13.0 Å². The van der Waals surface area contributed by atoms with Crippen LogP contribution < -0.4 is 10.6 Å². The Morgan fingerprint density at radius 1 is 1.08 bits per heavy atom. The maximum absolute atomic E-state index is 13.0. The van der Waals surface area contributed by atoms with Crippen molar-refractivity contribution >= 4 is 68.4 Å². The average molecular weight is 627 g/mol. The molecule has 11 heteroatoms. The topological polar surface area (TPSA) is 88.9 Å². The van der Waals surface area contributed by atoms with Crippen LogP contribution in [0.25, 0.3) is 0 Å². The van der Waals surface area contributed by atoms with Crippen LogP contribution in [-0.2, 0) is 11.8 Å². The summed E-state index contributed by atoms with van der Waals surface area (Å²) < 4.78 is 2.78. The minimum atomic E-state index is -0.392. The molecule has 0 unspecified atom stereocenters. The minimum absolute atomic E-state index is 0.136. The van der Waals surface area contributed by atoms with Crippen molar-refractivity contribution in [3.8, 4) is 0 Å². The van der Waals surface area contributed by atoms with Crippen LogP contribution in [-0.4, -0.2) is 32.3 Å². The summed E-state index contributed by atoms with van der Waals surface area (Å²) in [6, 6.07) is 10.2. The molecule has 0 spiro atoms. The van der Waals surface area contributed by atoms with Crippen molar-refractivity contribution in [1.82, 2.24) is 20.1 Å². The van der Waals surface area contributed by atoms with E-state index in [0.29, 0.717) is 28.0 Å². The van der Waals surface area contributed by atoms with Gasteiger partial charge in [-0.2, -0.15) is 0 Å². The van der Waals surface area contributed by atoms with Gasteiger partial charge in [-0.25, -0.2) is 0 Å². The molecule has 2 amide bonds. The van der Waals surface area contributed by atoms with E-state index in [1.54, 1.807) is 12.1 Å². The van der Waals surface area contributed by atoms with Crippen LogP contribution in [0.1, 0.15) is 67.8 Å². The molecule has 1 heterocycles. The lowest BCUT2D eigenvalue weighted by Crippen LogP contribution is -2.31. The number of nitrogens with zero attached hydrogens (tertiary/aromatic N) is 3. The lowest BCUT2D eigenvalue weighted by atomic mass is 10.0. The van der Waals surface area contributed by atoms with Gasteiger partial charge in [-0.15, -0.1) is 10.2 Å². The van der Waals surface area contributed by atoms with Crippen molar-refractivity contribution < 1.29 is 9.59 Å². The number of halogens is 3. The average Bonchev–Trinajstić information content (AvgIpc) is 3.18. The number of anilines is 1. The van der Waals surface area contributed by atoms with Crippen LogP contribution in [0.2, 0.25) is 10.0 Å². The number of carbonyl (C=O) groups is 2. The third-order valence-electron chi connectivity index (χ3n) is 5.61. The van der Waals surface area contributed by atoms with Crippen molar-refractivity contribution in [2.45, 2.75) is 51.2 Å². The lowest BCUT2D eigenvalue weighted by molar-refractivity contribution is -0.113. The molecule has 0 saturated heterocycles. The van der Waals surface area contributed by atoms with Gasteiger partial charge in [0, 0.05) is 22.2 Å². The fourth-order valence-corrected chi connectivity index (χ4v) is 5.40. The number of benzene rings is 2. The number of aromatic nitrogens is 3. The van der Waals surface area contributed by atoms with Crippen LogP contribution >= 0.6 is 50.9 Å². The molecule has 0 bridgehead atoms. The largest absolute Gasteiger partial charge is 0.342 e.